The van der Waals surface area contributed by atoms with Crippen molar-refractivity contribution in [1.29, 1.82) is 0 Å². The van der Waals surface area contributed by atoms with E-state index in [0.717, 1.165) is 17.1 Å². The number of methoxy groups -OCH3 is 1. The van der Waals surface area contributed by atoms with Gasteiger partial charge >= 0.3 is 0 Å². The second-order valence-electron chi connectivity index (χ2n) is 4.18. The number of hydrogen-bond acceptors (Lipinski definition) is 5. The maximum Gasteiger partial charge on any atom is 0.143 e. The highest BCUT2D eigenvalue weighted by Gasteiger charge is 2.11. The zero-order valence-electron chi connectivity index (χ0n) is 10.8. The van der Waals surface area contributed by atoms with Gasteiger partial charge in [-0.1, -0.05) is 11.2 Å². The molecule has 0 aliphatic heterocycles. The minimum absolute atomic E-state index is 0.628. The monoisotopic (exact) mass is 247 g/mol. The fourth-order valence-electron chi connectivity index (χ4n) is 1.86. The van der Waals surface area contributed by atoms with E-state index in [1.165, 1.54) is 0 Å². The van der Waals surface area contributed by atoms with Crippen LogP contribution in [0.3, 0.4) is 0 Å². The number of aromatic nitrogens is 1. The fraction of sp³-hybridized carbons (Fsp3) is 0.308. The Kier molecular flexibility index (Phi) is 3.41. The Morgan fingerprint density at radius 2 is 2.22 bits per heavy atom. The number of hydrogen-bond donors (Lipinski definition) is 1. The first kappa shape index (κ1) is 12.3. The Bertz CT molecular complexity index is 537. The molecular weight excluding hydrogens is 230 g/mol. The van der Waals surface area contributed by atoms with Crippen molar-refractivity contribution in [3.05, 3.63) is 35.7 Å². The number of benzene rings is 1. The van der Waals surface area contributed by atoms with Gasteiger partial charge in [0, 0.05) is 13.1 Å². The Balaban J connectivity index is 2.21. The molecule has 0 amide bonds. The lowest BCUT2D eigenvalue weighted by Gasteiger charge is -2.20. The van der Waals surface area contributed by atoms with Crippen LogP contribution in [0.25, 0.3) is 0 Å². The molecule has 0 bridgehead atoms. The molecule has 0 spiro atoms. The van der Waals surface area contributed by atoms with Gasteiger partial charge in [0.2, 0.25) is 0 Å². The highest BCUT2D eigenvalue weighted by atomic mass is 16.5. The van der Waals surface area contributed by atoms with E-state index >= 15 is 0 Å². The minimum Gasteiger partial charge on any atom is -0.495 e. The van der Waals surface area contributed by atoms with Crippen molar-refractivity contribution < 1.29 is 9.26 Å². The van der Waals surface area contributed by atoms with Gasteiger partial charge in [0.15, 0.2) is 0 Å². The molecule has 2 N–H and O–H groups in total. The molecule has 2 aromatic rings. The summed E-state index contributed by atoms with van der Waals surface area (Å²) in [7, 11) is 3.56. The molecule has 1 heterocycles. The Hall–Kier alpha value is -2.17. The lowest BCUT2D eigenvalue weighted by molar-refractivity contribution is 0.390. The maximum atomic E-state index is 6.04. The third-order valence-electron chi connectivity index (χ3n) is 2.75. The van der Waals surface area contributed by atoms with E-state index in [1.807, 2.05) is 43.1 Å². The first-order valence-corrected chi connectivity index (χ1v) is 5.67. The summed E-state index contributed by atoms with van der Waals surface area (Å²) in [6.45, 7) is 2.51. The smallest absolute Gasteiger partial charge is 0.143 e. The SMILES string of the molecule is COc1cccc(N(C)Cc2cc(C)on2)c1N. The van der Waals surface area contributed by atoms with E-state index in [9.17, 15) is 0 Å². The third kappa shape index (κ3) is 2.40. The van der Waals surface area contributed by atoms with Crippen LogP contribution in [0.1, 0.15) is 11.5 Å². The van der Waals surface area contributed by atoms with Crippen molar-refractivity contribution in [2.75, 3.05) is 24.8 Å². The molecule has 2 rings (SSSR count). The predicted octanol–water partition coefficient (Wildman–Crippen LogP) is 2.21. The summed E-state index contributed by atoms with van der Waals surface area (Å²) in [6.07, 6.45) is 0. The second-order valence-corrected chi connectivity index (χ2v) is 4.18. The zero-order chi connectivity index (χ0) is 13.1. The Labute approximate surface area is 106 Å². The molecule has 18 heavy (non-hydrogen) atoms. The molecule has 0 saturated heterocycles. The average molecular weight is 247 g/mol. The second kappa shape index (κ2) is 5.00. The van der Waals surface area contributed by atoms with Gasteiger partial charge in [-0.05, 0) is 19.1 Å². The average Bonchev–Trinajstić information content (AvgIpc) is 2.75. The van der Waals surface area contributed by atoms with Gasteiger partial charge in [-0.15, -0.1) is 0 Å². The third-order valence-corrected chi connectivity index (χ3v) is 2.75. The minimum atomic E-state index is 0.628. The number of nitrogen functional groups attached to an aromatic ring is 1. The normalized spacial score (nSPS) is 10.4. The standard InChI is InChI=1S/C13H17N3O2/c1-9-7-10(15-18-9)8-16(2)11-5-4-6-12(17-3)13(11)14/h4-7H,8,14H2,1-3H3. The molecule has 96 valence electrons. The van der Waals surface area contributed by atoms with Crippen molar-refractivity contribution in [2.24, 2.45) is 0 Å². The molecule has 0 aliphatic rings. The highest BCUT2D eigenvalue weighted by molar-refractivity contribution is 5.73. The summed E-state index contributed by atoms with van der Waals surface area (Å²) in [5, 5.41) is 3.96. The van der Waals surface area contributed by atoms with E-state index in [-0.39, 0.29) is 0 Å². The summed E-state index contributed by atoms with van der Waals surface area (Å²) in [5.74, 6) is 1.48. The topological polar surface area (TPSA) is 64.5 Å². The van der Waals surface area contributed by atoms with Crippen LogP contribution in [-0.2, 0) is 6.54 Å². The molecule has 1 aromatic heterocycles. The quantitative estimate of drug-likeness (QED) is 0.839. The summed E-state index contributed by atoms with van der Waals surface area (Å²) in [6, 6.07) is 7.61. The number of nitrogens with zero attached hydrogens (tertiary/aromatic N) is 2. The first-order valence-electron chi connectivity index (χ1n) is 5.67. The van der Waals surface area contributed by atoms with Crippen LogP contribution >= 0.6 is 0 Å². The number of aryl methyl sites for hydroxylation is 1. The van der Waals surface area contributed by atoms with Crippen molar-refractivity contribution in [1.82, 2.24) is 5.16 Å². The van der Waals surface area contributed by atoms with Crippen LogP contribution in [0, 0.1) is 6.92 Å². The number of anilines is 2. The van der Waals surface area contributed by atoms with E-state index < -0.39 is 0 Å². The molecule has 0 saturated carbocycles. The molecule has 0 atom stereocenters. The van der Waals surface area contributed by atoms with Gasteiger partial charge < -0.3 is 19.9 Å². The summed E-state index contributed by atoms with van der Waals surface area (Å²) < 4.78 is 10.2. The van der Waals surface area contributed by atoms with E-state index in [0.29, 0.717) is 18.0 Å². The fourth-order valence-corrected chi connectivity index (χ4v) is 1.86. The zero-order valence-corrected chi connectivity index (χ0v) is 10.8. The van der Waals surface area contributed by atoms with Crippen LogP contribution in [-0.4, -0.2) is 19.3 Å². The van der Waals surface area contributed by atoms with Crippen LogP contribution in [0.2, 0.25) is 0 Å². The van der Waals surface area contributed by atoms with Gasteiger partial charge in [0.1, 0.15) is 17.2 Å². The van der Waals surface area contributed by atoms with E-state index in [2.05, 4.69) is 5.16 Å². The maximum absolute atomic E-state index is 6.04. The van der Waals surface area contributed by atoms with E-state index in [4.69, 9.17) is 15.0 Å². The molecule has 1 aromatic carbocycles. The lowest BCUT2D eigenvalue weighted by atomic mass is 10.2. The Morgan fingerprint density at radius 1 is 1.44 bits per heavy atom. The molecule has 0 fully saturated rings. The molecule has 0 radical (unpaired) electrons. The summed E-state index contributed by atoms with van der Waals surface area (Å²) >= 11 is 0. The van der Waals surface area contributed by atoms with Gasteiger partial charge in [-0.2, -0.15) is 0 Å². The van der Waals surface area contributed by atoms with Crippen LogP contribution < -0.4 is 15.4 Å². The summed E-state index contributed by atoms with van der Waals surface area (Å²) in [5.41, 5.74) is 8.46. The van der Waals surface area contributed by atoms with Gasteiger partial charge in [-0.25, -0.2) is 0 Å². The highest BCUT2D eigenvalue weighted by Crippen LogP contribution is 2.31. The van der Waals surface area contributed by atoms with Crippen molar-refractivity contribution >= 4 is 11.4 Å². The molecule has 5 heteroatoms. The number of para-hydroxylation sites is 1. The lowest BCUT2D eigenvalue weighted by Crippen LogP contribution is -2.18. The van der Waals surface area contributed by atoms with Gasteiger partial charge in [0.25, 0.3) is 0 Å². The molecular formula is C13H17N3O2. The van der Waals surface area contributed by atoms with Crippen molar-refractivity contribution in [3.8, 4) is 5.75 Å². The van der Waals surface area contributed by atoms with Crippen LogP contribution in [0.4, 0.5) is 11.4 Å². The van der Waals surface area contributed by atoms with Crippen molar-refractivity contribution in [3.63, 3.8) is 0 Å². The number of ether oxygens (including phenoxy) is 1. The van der Waals surface area contributed by atoms with Crippen LogP contribution in [0.15, 0.2) is 28.8 Å². The Morgan fingerprint density at radius 3 is 2.83 bits per heavy atom. The van der Waals surface area contributed by atoms with Crippen molar-refractivity contribution in [2.45, 2.75) is 13.5 Å². The summed E-state index contributed by atoms with van der Waals surface area (Å²) in [4.78, 5) is 2.01. The van der Waals surface area contributed by atoms with Gasteiger partial charge in [-0.3, -0.25) is 0 Å². The largest absolute Gasteiger partial charge is 0.495 e. The molecule has 0 unspecified atom stereocenters. The first-order chi connectivity index (χ1) is 8.61. The van der Waals surface area contributed by atoms with Gasteiger partial charge in [0.05, 0.1) is 25.0 Å². The van der Waals surface area contributed by atoms with Crippen LogP contribution in [0.5, 0.6) is 5.75 Å². The number of nitrogens with two attached hydrogens (primary N) is 1. The predicted molar refractivity (Wildman–Crippen MR) is 70.8 cm³/mol. The number of rotatable bonds is 4. The van der Waals surface area contributed by atoms with E-state index in [1.54, 1.807) is 7.11 Å². The molecule has 5 nitrogen and oxygen atoms in total. The molecule has 0 aliphatic carbocycles.